The van der Waals surface area contributed by atoms with E-state index in [9.17, 15) is 4.79 Å². The zero-order chi connectivity index (χ0) is 20.8. The van der Waals surface area contributed by atoms with Crippen molar-refractivity contribution in [2.75, 3.05) is 14.2 Å². The normalized spacial score (nSPS) is 10.5. The Morgan fingerprint density at radius 1 is 1.07 bits per heavy atom. The van der Waals surface area contributed by atoms with Crippen LogP contribution in [0.4, 0.5) is 0 Å². The van der Waals surface area contributed by atoms with Crippen LogP contribution in [0, 0.1) is 13.8 Å². The molecule has 2 aromatic carbocycles. The molecule has 0 bridgehead atoms. The molecule has 0 unspecified atom stereocenters. The average molecular weight is 396 g/mol. The molecule has 1 N–H and O–H groups in total. The highest BCUT2D eigenvalue weighted by atomic mass is 16.5. The van der Waals surface area contributed by atoms with E-state index in [0.29, 0.717) is 30.2 Å². The number of hydrogen-bond donors (Lipinski definition) is 1. The predicted octanol–water partition coefficient (Wildman–Crippen LogP) is 3.82. The fraction of sp³-hybridized carbons (Fsp3) is 0.273. The number of rotatable bonds is 8. The summed E-state index contributed by atoms with van der Waals surface area (Å²) in [6.45, 7) is 4.40. The standard InChI is InChI=1S/C22H24N2O5/c1-14-19(15(2)29-24-14)13-28-20-9-8-17(11-21(20)27-4)22(25)23-12-16-6-5-7-18(10-16)26-3/h5-11H,12-13H2,1-4H3,(H,23,25). The summed E-state index contributed by atoms with van der Waals surface area (Å²) >= 11 is 0. The first-order valence-corrected chi connectivity index (χ1v) is 9.15. The van der Waals surface area contributed by atoms with Crippen molar-refractivity contribution in [1.29, 1.82) is 0 Å². The molecule has 3 aromatic rings. The van der Waals surface area contributed by atoms with E-state index in [2.05, 4.69) is 10.5 Å². The van der Waals surface area contributed by atoms with Crippen LogP contribution in [0.15, 0.2) is 47.0 Å². The Kier molecular flexibility index (Phi) is 6.39. The molecule has 0 aliphatic carbocycles. The third kappa shape index (κ3) is 4.87. The van der Waals surface area contributed by atoms with Gasteiger partial charge in [0, 0.05) is 12.1 Å². The number of ether oxygens (including phenoxy) is 3. The van der Waals surface area contributed by atoms with E-state index < -0.39 is 0 Å². The van der Waals surface area contributed by atoms with Crippen molar-refractivity contribution in [3.63, 3.8) is 0 Å². The van der Waals surface area contributed by atoms with Gasteiger partial charge in [0.1, 0.15) is 18.1 Å². The first-order valence-electron chi connectivity index (χ1n) is 9.15. The topological polar surface area (TPSA) is 82.8 Å². The lowest BCUT2D eigenvalue weighted by Gasteiger charge is -2.12. The van der Waals surface area contributed by atoms with Gasteiger partial charge in [-0.1, -0.05) is 17.3 Å². The molecule has 0 aliphatic rings. The summed E-state index contributed by atoms with van der Waals surface area (Å²) in [5, 5.41) is 6.81. The molecule has 1 aromatic heterocycles. The van der Waals surface area contributed by atoms with Gasteiger partial charge in [0.05, 0.1) is 25.5 Å². The minimum atomic E-state index is -0.205. The maximum Gasteiger partial charge on any atom is 0.251 e. The summed E-state index contributed by atoms with van der Waals surface area (Å²) in [6.07, 6.45) is 0. The number of nitrogens with zero attached hydrogens (tertiary/aromatic N) is 1. The third-order valence-electron chi connectivity index (χ3n) is 4.57. The molecule has 7 heteroatoms. The number of aryl methyl sites for hydroxylation is 2. The number of hydrogen-bond acceptors (Lipinski definition) is 6. The van der Waals surface area contributed by atoms with E-state index in [1.54, 1.807) is 25.3 Å². The van der Waals surface area contributed by atoms with Gasteiger partial charge in [-0.25, -0.2) is 0 Å². The Bertz CT molecular complexity index is 977. The molecule has 0 saturated heterocycles. The van der Waals surface area contributed by atoms with Gasteiger partial charge in [0.2, 0.25) is 0 Å². The lowest BCUT2D eigenvalue weighted by atomic mass is 10.1. The van der Waals surface area contributed by atoms with Crippen LogP contribution in [0.1, 0.15) is 32.9 Å². The molecular weight excluding hydrogens is 372 g/mol. The number of benzene rings is 2. The lowest BCUT2D eigenvalue weighted by molar-refractivity contribution is 0.0950. The molecule has 3 rings (SSSR count). The monoisotopic (exact) mass is 396 g/mol. The highest BCUT2D eigenvalue weighted by Crippen LogP contribution is 2.29. The smallest absolute Gasteiger partial charge is 0.251 e. The van der Waals surface area contributed by atoms with Crippen molar-refractivity contribution in [2.24, 2.45) is 0 Å². The molecule has 1 amide bonds. The van der Waals surface area contributed by atoms with Gasteiger partial charge in [-0.15, -0.1) is 0 Å². The fourth-order valence-corrected chi connectivity index (χ4v) is 2.85. The minimum Gasteiger partial charge on any atom is -0.497 e. The Balaban J connectivity index is 1.66. The van der Waals surface area contributed by atoms with E-state index in [4.69, 9.17) is 18.7 Å². The number of aromatic nitrogens is 1. The van der Waals surface area contributed by atoms with Crippen LogP contribution in [0.25, 0.3) is 0 Å². The number of methoxy groups -OCH3 is 2. The molecule has 0 saturated carbocycles. The Morgan fingerprint density at radius 3 is 2.59 bits per heavy atom. The lowest BCUT2D eigenvalue weighted by Crippen LogP contribution is -2.22. The van der Waals surface area contributed by atoms with E-state index in [1.807, 2.05) is 38.1 Å². The number of nitrogens with one attached hydrogen (secondary N) is 1. The highest BCUT2D eigenvalue weighted by Gasteiger charge is 2.14. The number of carbonyl (C=O) groups is 1. The van der Waals surface area contributed by atoms with Crippen molar-refractivity contribution in [1.82, 2.24) is 10.5 Å². The van der Waals surface area contributed by atoms with Crippen LogP contribution in [0.5, 0.6) is 17.2 Å². The zero-order valence-corrected chi connectivity index (χ0v) is 16.9. The molecule has 0 aliphatic heterocycles. The van der Waals surface area contributed by atoms with Gasteiger partial charge >= 0.3 is 0 Å². The van der Waals surface area contributed by atoms with Crippen molar-refractivity contribution in [3.05, 3.63) is 70.6 Å². The second-order valence-corrected chi connectivity index (χ2v) is 6.49. The molecule has 1 heterocycles. The summed E-state index contributed by atoms with van der Waals surface area (Å²) in [5.74, 6) is 2.28. The first-order chi connectivity index (χ1) is 14.0. The Morgan fingerprint density at radius 2 is 1.90 bits per heavy atom. The van der Waals surface area contributed by atoms with Gasteiger partial charge in [-0.2, -0.15) is 0 Å². The molecule has 0 spiro atoms. The molecule has 0 fully saturated rings. The molecule has 29 heavy (non-hydrogen) atoms. The Hall–Kier alpha value is -3.48. The fourth-order valence-electron chi connectivity index (χ4n) is 2.85. The molecule has 7 nitrogen and oxygen atoms in total. The van der Waals surface area contributed by atoms with Gasteiger partial charge in [-0.05, 0) is 49.7 Å². The van der Waals surface area contributed by atoms with Gasteiger partial charge < -0.3 is 24.1 Å². The quantitative estimate of drug-likeness (QED) is 0.623. The van der Waals surface area contributed by atoms with E-state index in [-0.39, 0.29) is 5.91 Å². The van der Waals surface area contributed by atoms with Crippen LogP contribution in [-0.4, -0.2) is 25.3 Å². The van der Waals surface area contributed by atoms with Crippen LogP contribution >= 0.6 is 0 Å². The summed E-state index contributed by atoms with van der Waals surface area (Å²) < 4.78 is 21.6. The second kappa shape index (κ2) is 9.14. The SMILES string of the molecule is COc1cccc(CNC(=O)c2ccc(OCc3c(C)noc3C)c(OC)c2)c1. The number of carbonyl (C=O) groups excluding carboxylic acids is 1. The van der Waals surface area contributed by atoms with E-state index in [0.717, 1.165) is 28.3 Å². The summed E-state index contributed by atoms with van der Waals surface area (Å²) in [6, 6.07) is 12.6. The van der Waals surface area contributed by atoms with Crippen LogP contribution < -0.4 is 19.5 Å². The van der Waals surface area contributed by atoms with Crippen LogP contribution in [-0.2, 0) is 13.2 Å². The van der Waals surface area contributed by atoms with Crippen molar-refractivity contribution in [2.45, 2.75) is 27.0 Å². The van der Waals surface area contributed by atoms with Crippen molar-refractivity contribution < 1.29 is 23.5 Å². The first kappa shape index (κ1) is 20.3. The summed E-state index contributed by atoms with van der Waals surface area (Å²) in [7, 11) is 3.15. The molecule has 0 atom stereocenters. The third-order valence-corrected chi connectivity index (χ3v) is 4.57. The second-order valence-electron chi connectivity index (χ2n) is 6.49. The van der Waals surface area contributed by atoms with E-state index in [1.165, 1.54) is 7.11 Å². The molecule has 0 radical (unpaired) electrons. The van der Waals surface area contributed by atoms with Gasteiger partial charge in [0.25, 0.3) is 5.91 Å². The molecule has 152 valence electrons. The largest absolute Gasteiger partial charge is 0.497 e. The highest BCUT2D eigenvalue weighted by molar-refractivity contribution is 5.94. The van der Waals surface area contributed by atoms with Gasteiger partial charge in [0.15, 0.2) is 11.5 Å². The summed E-state index contributed by atoms with van der Waals surface area (Å²) in [4.78, 5) is 12.5. The van der Waals surface area contributed by atoms with Crippen molar-refractivity contribution >= 4 is 5.91 Å². The predicted molar refractivity (Wildman–Crippen MR) is 107 cm³/mol. The van der Waals surface area contributed by atoms with Crippen LogP contribution in [0.2, 0.25) is 0 Å². The zero-order valence-electron chi connectivity index (χ0n) is 16.9. The minimum absolute atomic E-state index is 0.205. The molecular formula is C22H24N2O5. The maximum atomic E-state index is 12.5. The van der Waals surface area contributed by atoms with Crippen molar-refractivity contribution in [3.8, 4) is 17.2 Å². The Labute approximate surface area is 169 Å². The average Bonchev–Trinajstić information content (AvgIpc) is 3.07. The van der Waals surface area contributed by atoms with Crippen LogP contribution in [0.3, 0.4) is 0 Å². The van der Waals surface area contributed by atoms with Gasteiger partial charge in [-0.3, -0.25) is 4.79 Å². The summed E-state index contributed by atoms with van der Waals surface area (Å²) in [5.41, 5.74) is 3.11. The number of amides is 1. The van der Waals surface area contributed by atoms with E-state index >= 15 is 0 Å². The maximum absolute atomic E-state index is 12.5.